The zero-order valence-corrected chi connectivity index (χ0v) is 18.3. The highest BCUT2D eigenvalue weighted by atomic mass is 32.2. The van der Waals surface area contributed by atoms with Crippen molar-refractivity contribution in [1.82, 2.24) is 14.8 Å². The Labute approximate surface area is 178 Å². The van der Waals surface area contributed by atoms with Gasteiger partial charge in [-0.05, 0) is 50.5 Å². The predicted octanol–water partition coefficient (Wildman–Crippen LogP) is 3.27. The quantitative estimate of drug-likeness (QED) is 0.677. The average Bonchev–Trinajstić information content (AvgIpc) is 3.01. The maximum absolute atomic E-state index is 13.1. The van der Waals surface area contributed by atoms with E-state index in [1.165, 1.54) is 0 Å². The molecule has 30 heavy (non-hydrogen) atoms. The number of aromatic nitrogens is 3. The van der Waals surface area contributed by atoms with E-state index in [4.69, 9.17) is 4.74 Å². The Balaban J connectivity index is 1.54. The molecule has 8 heteroatoms. The van der Waals surface area contributed by atoms with E-state index in [-0.39, 0.29) is 11.2 Å². The van der Waals surface area contributed by atoms with Gasteiger partial charge in [-0.15, -0.1) is 0 Å². The van der Waals surface area contributed by atoms with Gasteiger partial charge in [-0.25, -0.2) is 4.98 Å². The molecule has 1 aliphatic heterocycles. The summed E-state index contributed by atoms with van der Waals surface area (Å²) in [5.41, 5.74) is 4.41. The second-order valence-corrected chi connectivity index (χ2v) is 9.43. The molecule has 1 saturated heterocycles. The number of rotatable bonds is 5. The molecule has 3 aromatic rings. The van der Waals surface area contributed by atoms with Crippen LogP contribution in [-0.2, 0) is 28.3 Å². The molecular weight excluding hydrogens is 400 g/mol. The fourth-order valence-electron chi connectivity index (χ4n) is 3.91. The van der Waals surface area contributed by atoms with Crippen LogP contribution in [0.3, 0.4) is 0 Å². The van der Waals surface area contributed by atoms with Crippen molar-refractivity contribution in [1.29, 1.82) is 0 Å². The summed E-state index contributed by atoms with van der Waals surface area (Å²) < 4.78 is 19.8. The fraction of sp³-hybridized carbons (Fsp3) is 0.409. The molecule has 158 valence electrons. The van der Waals surface area contributed by atoms with Crippen molar-refractivity contribution in [3.63, 3.8) is 0 Å². The van der Waals surface area contributed by atoms with Crippen molar-refractivity contribution in [3.05, 3.63) is 52.8 Å². The molecule has 2 aromatic heterocycles. The summed E-state index contributed by atoms with van der Waals surface area (Å²) in [6.45, 7) is 5.10. The lowest BCUT2D eigenvalue weighted by atomic mass is 10.1. The zero-order valence-electron chi connectivity index (χ0n) is 17.5. The number of anilines is 1. The van der Waals surface area contributed by atoms with Gasteiger partial charge in [0.1, 0.15) is 0 Å². The van der Waals surface area contributed by atoms with Gasteiger partial charge in [0.2, 0.25) is 0 Å². The van der Waals surface area contributed by atoms with E-state index in [1.807, 2.05) is 45.2 Å². The van der Waals surface area contributed by atoms with Crippen LogP contribution in [0.5, 0.6) is 0 Å². The average molecular weight is 427 g/mol. The fourth-order valence-corrected chi connectivity index (χ4v) is 5.37. The van der Waals surface area contributed by atoms with Crippen LogP contribution < -0.4 is 5.32 Å². The van der Waals surface area contributed by atoms with Crippen molar-refractivity contribution in [3.8, 4) is 0 Å². The van der Waals surface area contributed by atoms with Gasteiger partial charge in [0.25, 0.3) is 5.91 Å². The lowest BCUT2D eigenvalue weighted by Crippen LogP contribution is -2.25. The van der Waals surface area contributed by atoms with Crippen LogP contribution in [0.2, 0.25) is 0 Å². The first kappa shape index (κ1) is 20.7. The minimum Gasteiger partial charge on any atom is -0.381 e. The lowest BCUT2D eigenvalue weighted by Gasteiger charge is -2.21. The summed E-state index contributed by atoms with van der Waals surface area (Å²) in [6.07, 6.45) is 1.68. The van der Waals surface area contributed by atoms with Crippen LogP contribution in [0.1, 0.15) is 40.2 Å². The molecule has 4 rings (SSSR count). The third kappa shape index (κ3) is 4.29. The van der Waals surface area contributed by atoms with E-state index >= 15 is 0 Å². The second-order valence-electron chi connectivity index (χ2n) is 7.71. The maximum atomic E-state index is 13.1. The van der Waals surface area contributed by atoms with Crippen LogP contribution in [0.4, 0.5) is 5.69 Å². The summed E-state index contributed by atoms with van der Waals surface area (Å²) in [6, 6.07) is 9.37. The van der Waals surface area contributed by atoms with Crippen LogP contribution in [0.15, 0.2) is 30.3 Å². The number of carbonyl (C=O) groups is 1. The van der Waals surface area contributed by atoms with Crippen LogP contribution in [0.25, 0.3) is 11.0 Å². The molecule has 0 bridgehead atoms. The van der Waals surface area contributed by atoms with E-state index in [1.54, 1.807) is 10.7 Å². The number of amides is 1. The Morgan fingerprint density at radius 1 is 1.27 bits per heavy atom. The normalized spacial score (nSPS) is 16.0. The van der Waals surface area contributed by atoms with Crippen LogP contribution in [-0.4, -0.2) is 43.3 Å². The second kappa shape index (κ2) is 8.65. The molecule has 1 atom stereocenters. The number of benzene rings is 1. The summed E-state index contributed by atoms with van der Waals surface area (Å²) in [5.74, 6) is 0.277. The van der Waals surface area contributed by atoms with E-state index in [2.05, 4.69) is 15.4 Å². The van der Waals surface area contributed by atoms with Crippen molar-refractivity contribution in [2.24, 2.45) is 7.05 Å². The standard InChI is InChI=1S/C22H26N4O3S/c1-14-11-19(20-15(2)25-26(3)21(20)23-14)22(27)24-17-6-4-5-16(12-17)13-30(28)18-7-9-29-10-8-18/h4-6,11-12,18H,7-10,13H2,1-3H3,(H,24,27). The van der Waals surface area contributed by atoms with E-state index in [9.17, 15) is 9.00 Å². The topological polar surface area (TPSA) is 86.1 Å². The van der Waals surface area contributed by atoms with Gasteiger partial charge >= 0.3 is 0 Å². The summed E-state index contributed by atoms with van der Waals surface area (Å²) in [5, 5.41) is 8.33. The number of pyridine rings is 1. The minimum atomic E-state index is -0.948. The SMILES string of the molecule is Cc1cc(C(=O)Nc2cccc(CS(=O)C3CCOCC3)c2)c2c(C)nn(C)c2n1. The van der Waals surface area contributed by atoms with Gasteiger partial charge in [0.15, 0.2) is 5.65 Å². The minimum absolute atomic E-state index is 0.179. The smallest absolute Gasteiger partial charge is 0.256 e. The van der Waals surface area contributed by atoms with Gasteiger partial charge in [0.05, 0.1) is 16.6 Å². The molecule has 7 nitrogen and oxygen atoms in total. The Bertz CT molecular complexity index is 1120. The Hall–Kier alpha value is -2.58. The molecule has 3 heterocycles. The number of fused-ring (bicyclic) bond motifs is 1. The molecule has 1 aromatic carbocycles. The maximum Gasteiger partial charge on any atom is 0.256 e. The summed E-state index contributed by atoms with van der Waals surface area (Å²) in [7, 11) is 0.877. The molecular formula is C22H26N4O3S. The molecule has 0 spiro atoms. The number of ether oxygens (including phenoxy) is 1. The van der Waals surface area contributed by atoms with Gasteiger partial charge in [-0.3, -0.25) is 13.7 Å². The molecule has 0 saturated carbocycles. The van der Waals surface area contributed by atoms with Gasteiger partial charge in [-0.1, -0.05) is 12.1 Å². The van der Waals surface area contributed by atoms with Crippen molar-refractivity contribution in [2.45, 2.75) is 37.7 Å². The number of hydrogen-bond acceptors (Lipinski definition) is 5. The number of carbonyl (C=O) groups excluding carboxylic acids is 1. The molecule has 1 unspecified atom stereocenters. The molecule has 1 aliphatic rings. The van der Waals surface area contributed by atoms with Gasteiger partial charge in [-0.2, -0.15) is 5.10 Å². The van der Waals surface area contributed by atoms with E-state index in [0.717, 1.165) is 35.2 Å². The zero-order chi connectivity index (χ0) is 21.3. The van der Waals surface area contributed by atoms with Gasteiger partial charge < -0.3 is 10.1 Å². The molecule has 1 fully saturated rings. The van der Waals surface area contributed by atoms with Crippen LogP contribution >= 0.6 is 0 Å². The van der Waals surface area contributed by atoms with E-state index in [0.29, 0.717) is 35.9 Å². The molecule has 1 N–H and O–H groups in total. The first-order valence-corrected chi connectivity index (χ1v) is 11.5. The predicted molar refractivity (Wildman–Crippen MR) is 118 cm³/mol. The number of nitrogens with one attached hydrogen (secondary N) is 1. The number of aryl methyl sites for hydroxylation is 3. The van der Waals surface area contributed by atoms with E-state index < -0.39 is 10.8 Å². The Morgan fingerprint density at radius 2 is 2.03 bits per heavy atom. The highest BCUT2D eigenvalue weighted by Crippen LogP contribution is 2.24. The highest BCUT2D eigenvalue weighted by Gasteiger charge is 2.21. The first-order chi connectivity index (χ1) is 14.4. The number of nitrogens with zero attached hydrogens (tertiary/aromatic N) is 3. The summed E-state index contributed by atoms with van der Waals surface area (Å²) in [4.78, 5) is 17.6. The molecule has 0 radical (unpaired) electrons. The first-order valence-electron chi connectivity index (χ1n) is 10.1. The lowest BCUT2D eigenvalue weighted by molar-refractivity contribution is 0.0991. The summed E-state index contributed by atoms with van der Waals surface area (Å²) >= 11 is 0. The third-order valence-corrected chi connectivity index (χ3v) is 7.21. The van der Waals surface area contributed by atoms with Crippen molar-refractivity contribution < 1.29 is 13.7 Å². The Kier molecular flexibility index (Phi) is 5.97. The third-order valence-electron chi connectivity index (χ3n) is 5.38. The number of hydrogen-bond donors (Lipinski definition) is 1. The van der Waals surface area contributed by atoms with Gasteiger partial charge in [0, 0.05) is 53.4 Å². The monoisotopic (exact) mass is 426 g/mol. The largest absolute Gasteiger partial charge is 0.381 e. The molecule has 0 aliphatic carbocycles. The highest BCUT2D eigenvalue weighted by molar-refractivity contribution is 7.84. The van der Waals surface area contributed by atoms with Crippen LogP contribution in [0, 0.1) is 13.8 Å². The Morgan fingerprint density at radius 3 is 2.80 bits per heavy atom. The van der Waals surface area contributed by atoms with Crippen molar-refractivity contribution in [2.75, 3.05) is 18.5 Å². The van der Waals surface area contributed by atoms with Crippen molar-refractivity contribution >= 4 is 33.4 Å². The molecule has 1 amide bonds.